The molecule has 0 unspecified atom stereocenters. The second-order valence-electron chi connectivity index (χ2n) is 6.09. The Hall–Kier alpha value is -2.54. The summed E-state index contributed by atoms with van der Waals surface area (Å²) in [7, 11) is 0. The molecule has 2 amide bonds. The van der Waals surface area contributed by atoms with Crippen LogP contribution in [0.3, 0.4) is 0 Å². The normalized spacial score (nSPS) is 15.2. The Morgan fingerprint density at radius 3 is 2.72 bits per heavy atom. The zero-order valence-electron chi connectivity index (χ0n) is 14.7. The number of urea groups is 1. The average molecular weight is 344 g/mol. The summed E-state index contributed by atoms with van der Waals surface area (Å²) in [5, 5.41) is 6.93. The molecule has 1 N–H and O–H groups in total. The number of ether oxygens (including phenoxy) is 1. The molecule has 25 heavy (non-hydrogen) atoms. The summed E-state index contributed by atoms with van der Waals surface area (Å²) >= 11 is 0. The number of carbonyl (C=O) groups is 1. The van der Waals surface area contributed by atoms with Crippen molar-refractivity contribution >= 4 is 11.7 Å². The molecule has 0 radical (unpaired) electrons. The van der Waals surface area contributed by atoms with E-state index in [-0.39, 0.29) is 6.03 Å². The second kappa shape index (κ2) is 8.02. The van der Waals surface area contributed by atoms with Crippen molar-refractivity contribution in [2.75, 3.05) is 38.1 Å². The van der Waals surface area contributed by atoms with Gasteiger partial charge in [-0.2, -0.15) is 0 Å². The Balaban J connectivity index is 1.51. The van der Waals surface area contributed by atoms with E-state index in [0.29, 0.717) is 19.7 Å². The molecule has 0 atom stereocenters. The average Bonchev–Trinajstić information content (AvgIpc) is 3.11. The van der Waals surface area contributed by atoms with Crippen molar-refractivity contribution in [1.29, 1.82) is 0 Å². The van der Waals surface area contributed by atoms with Crippen LogP contribution in [-0.2, 0) is 6.54 Å². The molecular weight excluding hydrogens is 320 g/mol. The quantitative estimate of drug-likeness (QED) is 0.903. The molecule has 7 nitrogen and oxygen atoms in total. The fourth-order valence-corrected chi connectivity index (χ4v) is 2.88. The Bertz CT molecular complexity index is 694. The number of rotatable bonds is 5. The molecule has 1 saturated heterocycles. The molecule has 3 rings (SSSR count). The van der Waals surface area contributed by atoms with Gasteiger partial charge in [0, 0.05) is 44.5 Å². The third-order valence-electron chi connectivity index (χ3n) is 4.29. The van der Waals surface area contributed by atoms with E-state index in [1.165, 1.54) is 0 Å². The number of hydrogen-bond donors (Lipinski definition) is 1. The van der Waals surface area contributed by atoms with E-state index in [0.717, 1.165) is 42.3 Å². The fraction of sp³-hybridized carbons (Fsp3) is 0.444. The SMILES string of the molecule is CCOc1ccc(NC(=O)N2CCN(Cc3ccon3)CC2)c(C)c1. The second-order valence-corrected chi connectivity index (χ2v) is 6.09. The van der Waals surface area contributed by atoms with Crippen LogP contribution < -0.4 is 10.1 Å². The molecule has 0 spiro atoms. The lowest BCUT2D eigenvalue weighted by molar-refractivity contribution is 0.141. The highest BCUT2D eigenvalue weighted by Gasteiger charge is 2.22. The molecule has 1 aliphatic rings. The Morgan fingerprint density at radius 1 is 1.28 bits per heavy atom. The van der Waals surface area contributed by atoms with Crippen molar-refractivity contribution in [3.8, 4) is 5.75 Å². The largest absolute Gasteiger partial charge is 0.494 e. The van der Waals surface area contributed by atoms with Gasteiger partial charge < -0.3 is 19.5 Å². The van der Waals surface area contributed by atoms with Gasteiger partial charge in [-0.05, 0) is 37.6 Å². The number of benzene rings is 1. The van der Waals surface area contributed by atoms with Gasteiger partial charge in [0.25, 0.3) is 0 Å². The summed E-state index contributed by atoms with van der Waals surface area (Å²) in [5.74, 6) is 0.819. The van der Waals surface area contributed by atoms with Crippen LogP contribution in [0.25, 0.3) is 0 Å². The number of nitrogens with one attached hydrogen (secondary N) is 1. The van der Waals surface area contributed by atoms with Crippen LogP contribution in [0.2, 0.25) is 0 Å². The van der Waals surface area contributed by atoms with Crippen LogP contribution in [0, 0.1) is 6.92 Å². The minimum absolute atomic E-state index is 0.0617. The number of piperazine rings is 1. The highest BCUT2D eigenvalue weighted by Crippen LogP contribution is 2.22. The smallest absolute Gasteiger partial charge is 0.321 e. The predicted molar refractivity (Wildman–Crippen MR) is 94.7 cm³/mol. The van der Waals surface area contributed by atoms with Crippen molar-refractivity contribution in [3.63, 3.8) is 0 Å². The standard InChI is InChI=1S/C18H24N4O3/c1-3-24-16-4-5-17(14(2)12-16)19-18(23)22-9-7-21(8-10-22)13-15-6-11-25-20-15/h4-6,11-12H,3,7-10,13H2,1-2H3,(H,19,23). The molecule has 1 fully saturated rings. The maximum atomic E-state index is 12.5. The van der Waals surface area contributed by atoms with Crippen molar-refractivity contribution in [2.24, 2.45) is 0 Å². The van der Waals surface area contributed by atoms with E-state index >= 15 is 0 Å². The minimum Gasteiger partial charge on any atom is -0.494 e. The zero-order chi connectivity index (χ0) is 17.6. The van der Waals surface area contributed by atoms with Crippen LogP contribution in [-0.4, -0.2) is 53.8 Å². The van der Waals surface area contributed by atoms with Crippen molar-refractivity contribution in [3.05, 3.63) is 41.8 Å². The van der Waals surface area contributed by atoms with Gasteiger partial charge in [0.05, 0.1) is 12.3 Å². The topological polar surface area (TPSA) is 70.8 Å². The van der Waals surface area contributed by atoms with Gasteiger partial charge in [-0.1, -0.05) is 5.16 Å². The van der Waals surface area contributed by atoms with Crippen LogP contribution in [0.5, 0.6) is 5.75 Å². The number of aryl methyl sites for hydroxylation is 1. The first kappa shape index (κ1) is 17.3. The lowest BCUT2D eigenvalue weighted by atomic mass is 10.2. The maximum absolute atomic E-state index is 12.5. The number of hydrogen-bond acceptors (Lipinski definition) is 5. The van der Waals surface area contributed by atoms with Crippen LogP contribution in [0.15, 0.2) is 35.1 Å². The monoisotopic (exact) mass is 344 g/mol. The van der Waals surface area contributed by atoms with Crippen LogP contribution >= 0.6 is 0 Å². The fourth-order valence-electron chi connectivity index (χ4n) is 2.88. The van der Waals surface area contributed by atoms with Gasteiger partial charge in [-0.25, -0.2) is 4.79 Å². The number of carbonyl (C=O) groups excluding carboxylic acids is 1. The molecule has 0 bridgehead atoms. The molecule has 0 aliphatic carbocycles. The first-order valence-electron chi connectivity index (χ1n) is 8.56. The van der Waals surface area contributed by atoms with E-state index in [1.807, 2.05) is 43.0 Å². The van der Waals surface area contributed by atoms with Gasteiger partial charge in [0.1, 0.15) is 12.0 Å². The molecule has 1 aliphatic heterocycles. The van der Waals surface area contributed by atoms with E-state index < -0.39 is 0 Å². The maximum Gasteiger partial charge on any atom is 0.321 e. The summed E-state index contributed by atoms with van der Waals surface area (Å²) in [4.78, 5) is 16.6. The molecule has 1 aromatic carbocycles. The van der Waals surface area contributed by atoms with Gasteiger partial charge in [0.2, 0.25) is 0 Å². The third-order valence-corrected chi connectivity index (χ3v) is 4.29. The Kier molecular flexibility index (Phi) is 5.55. The number of anilines is 1. The molecule has 0 saturated carbocycles. The van der Waals surface area contributed by atoms with Gasteiger partial charge in [-0.15, -0.1) is 0 Å². The summed E-state index contributed by atoms with van der Waals surface area (Å²) in [5.41, 5.74) is 2.73. The van der Waals surface area contributed by atoms with E-state index in [2.05, 4.69) is 15.4 Å². The Labute approximate surface area is 147 Å². The van der Waals surface area contributed by atoms with E-state index in [4.69, 9.17) is 9.26 Å². The number of nitrogens with zero attached hydrogens (tertiary/aromatic N) is 3. The molecule has 2 aromatic rings. The van der Waals surface area contributed by atoms with Gasteiger partial charge in [0.15, 0.2) is 0 Å². The van der Waals surface area contributed by atoms with Gasteiger partial charge >= 0.3 is 6.03 Å². The highest BCUT2D eigenvalue weighted by molar-refractivity contribution is 5.90. The zero-order valence-corrected chi connectivity index (χ0v) is 14.7. The first-order chi connectivity index (χ1) is 12.2. The van der Waals surface area contributed by atoms with Crippen LogP contribution in [0.1, 0.15) is 18.2 Å². The van der Waals surface area contributed by atoms with E-state index in [9.17, 15) is 4.79 Å². The van der Waals surface area contributed by atoms with Crippen molar-refractivity contribution < 1.29 is 14.1 Å². The summed E-state index contributed by atoms with van der Waals surface area (Å²) in [6.45, 7) is 8.33. The first-order valence-corrected chi connectivity index (χ1v) is 8.56. The highest BCUT2D eigenvalue weighted by atomic mass is 16.5. The molecule has 134 valence electrons. The molecule has 1 aromatic heterocycles. The molecule has 2 heterocycles. The third kappa shape index (κ3) is 4.51. The lowest BCUT2D eigenvalue weighted by Gasteiger charge is -2.34. The summed E-state index contributed by atoms with van der Waals surface area (Å²) < 4.78 is 10.3. The van der Waals surface area contributed by atoms with Crippen LogP contribution in [0.4, 0.5) is 10.5 Å². The van der Waals surface area contributed by atoms with Crippen molar-refractivity contribution in [2.45, 2.75) is 20.4 Å². The molecular formula is C18H24N4O3. The van der Waals surface area contributed by atoms with E-state index in [1.54, 1.807) is 6.26 Å². The Morgan fingerprint density at radius 2 is 2.08 bits per heavy atom. The summed E-state index contributed by atoms with van der Waals surface area (Å²) in [6, 6.07) is 7.51. The predicted octanol–water partition coefficient (Wildman–Crippen LogP) is 2.73. The molecule has 7 heteroatoms. The summed E-state index contributed by atoms with van der Waals surface area (Å²) in [6.07, 6.45) is 1.58. The lowest BCUT2D eigenvalue weighted by Crippen LogP contribution is -2.49. The van der Waals surface area contributed by atoms with Gasteiger partial charge in [-0.3, -0.25) is 4.90 Å². The number of aromatic nitrogens is 1. The minimum atomic E-state index is -0.0617. The van der Waals surface area contributed by atoms with Crippen molar-refractivity contribution in [1.82, 2.24) is 15.0 Å². The number of amides is 2.